The molecule has 6 heteroatoms. The van der Waals surface area contributed by atoms with Gasteiger partial charge in [0.1, 0.15) is 0 Å². The van der Waals surface area contributed by atoms with E-state index in [0.717, 1.165) is 42.1 Å². The summed E-state index contributed by atoms with van der Waals surface area (Å²) in [7, 11) is 3.38. The number of amides is 1. The highest BCUT2D eigenvalue weighted by Crippen LogP contribution is 2.18. The van der Waals surface area contributed by atoms with Gasteiger partial charge in [-0.2, -0.15) is 5.10 Å². The lowest BCUT2D eigenvalue weighted by Gasteiger charge is -2.01. The molecule has 0 aliphatic rings. The van der Waals surface area contributed by atoms with Crippen LogP contribution in [0.2, 0.25) is 0 Å². The molecule has 2 rings (SSSR count). The number of aromatic nitrogens is 1. The summed E-state index contributed by atoms with van der Waals surface area (Å²) in [6.45, 7) is 0. The number of hydrazone groups is 1. The van der Waals surface area contributed by atoms with Gasteiger partial charge in [0, 0.05) is 42.6 Å². The summed E-state index contributed by atoms with van der Waals surface area (Å²) in [5, 5.41) is 5.16. The fraction of sp³-hybridized carbons (Fsp3) is 0.421. The Kier molecular flexibility index (Phi) is 7.19. The Morgan fingerprint density at radius 2 is 1.88 bits per heavy atom. The maximum atomic E-state index is 11.8. The Labute approximate surface area is 147 Å². The van der Waals surface area contributed by atoms with E-state index in [-0.39, 0.29) is 11.9 Å². The number of carbonyl (C=O) groups is 2. The van der Waals surface area contributed by atoms with Crippen LogP contribution in [-0.2, 0) is 21.4 Å². The van der Waals surface area contributed by atoms with Crippen LogP contribution in [0.25, 0.3) is 10.9 Å². The minimum atomic E-state index is -0.180. The van der Waals surface area contributed by atoms with Gasteiger partial charge in [0.2, 0.25) is 5.91 Å². The number of esters is 1. The largest absolute Gasteiger partial charge is 0.469 e. The van der Waals surface area contributed by atoms with Crippen molar-refractivity contribution in [2.24, 2.45) is 12.1 Å². The Morgan fingerprint density at radius 1 is 1.16 bits per heavy atom. The third-order valence-electron chi connectivity index (χ3n) is 4.08. The van der Waals surface area contributed by atoms with Crippen LogP contribution in [0.1, 0.15) is 44.1 Å². The molecule has 6 nitrogen and oxygen atoms in total. The second-order valence-electron chi connectivity index (χ2n) is 6.00. The van der Waals surface area contributed by atoms with Crippen LogP contribution < -0.4 is 5.43 Å². The molecule has 0 spiro atoms. The second kappa shape index (κ2) is 9.61. The van der Waals surface area contributed by atoms with E-state index in [9.17, 15) is 9.59 Å². The highest BCUT2D eigenvalue weighted by molar-refractivity contribution is 5.99. The van der Waals surface area contributed by atoms with Crippen molar-refractivity contribution >= 4 is 29.0 Å². The number of nitrogens with one attached hydrogen (secondary N) is 1. The minimum absolute atomic E-state index is 0.0931. The molecule has 25 heavy (non-hydrogen) atoms. The van der Waals surface area contributed by atoms with E-state index < -0.39 is 0 Å². The van der Waals surface area contributed by atoms with Crippen LogP contribution in [0.15, 0.2) is 35.6 Å². The van der Waals surface area contributed by atoms with Crippen LogP contribution in [0.5, 0.6) is 0 Å². The van der Waals surface area contributed by atoms with Crippen LogP contribution >= 0.6 is 0 Å². The molecule has 0 saturated heterocycles. The minimum Gasteiger partial charge on any atom is -0.469 e. The quantitative estimate of drug-likeness (QED) is 0.329. The molecule has 0 unspecified atom stereocenters. The summed E-state index contributed by atoms with van der Waals surface area (Å²) in [6, 6.07) is 8.06. The van der Waals surface area contributed by atoms with Gasteiger partial charge in [0.15, 0.2) is 0 Å². The summed E-state index contributed by atoms with van der Waals surface area (Å²) in [4.78, 5) is 22.8. The van der Waals surface area contributed by atoms with E-state index in [2.05, 4.69) is 15.3 Å². The number of ether oxygens (including phenoxy) is 1. The fourth-order valence-electron chi connectivity index (χ4n) is 2.72. The Bertz CT molecular complexity index is 749. The molecule has 134 valence electrons. The first kappa shape index (κ1) is 18.7. The zero-order valence-electron chi connectivity index (χ0n) is 14.8. The highest BCUT2D eigenvalue weighted by atomic mass is 16.5. The van der Waals surface area contributed by atoms with Crippen LogP contribution in [0.3, 0.4) is 0 Å². The average Bonchev–Trinajstić information content (AvgIpc) is 2.94. The smallest absolute Gasteiger partial charge is 0.305 e. The highest BCUT2D eigenvalue weighted by Gasteiger charge is 2.04. The van der Waals surface area contributed by atoms with Crippen LogP contribution in [-0.4, -0.2) is 29.8 Å². The monoisotopic (exact) mass is 343 g/mol. The van der Waals surface area contributed by atoms with Crippen LogP contribution in [0, 0.1) is 0 Å². The summed E-state index contributed by atoms with van der Waals surface area (Å²) < 4.78 is 6.62. The Hall–Kier alpha value is -2.63. The van der Waals surface area contributed by atoms with E-state index in [1.807, 2.05) is 42.1 Å². The number of benzene rings is 1. The van der Waals surface area contributed by atoms with Crippen molar-refractivity contribution < 1.29 is 14.3 Å². The molecule has 0 saturated carbocycles. The number of methoxy groups -OCH3 is 1. The number of aryl methyl sites for hydroxylation is 1. The standard InChI is InChI=1S/C19H25N3O3/c1-22-14-15(16-9-7-8-10-17(16)22)13-20-21-18(23)11-5-3-4-6-12-19(24)25-2/h7-10,13-14H,3-6,11-12H2,1-2H3,(H,21,23)/b20-13+. The second-order valence-corrected chi connectivity index (χ2v) is 6.00. The van der Waals surface area contributed by atoms with E-state index in [0.29, 0.717) is 12.8 Å². The first-order valence-electron chi connectivity index (χ1n) is 8.54. The van der Waals surface area contributed by atoms with Gasteiger partial charge < -0.3 is 9.30 Å². The lowest BCUT2D eigenvalue weighted by molar-refractivity contribution is -0.140. The third-order valence-corrected chi connectivity index (χ3v) is 4.08. The van der Waals surface area contributed by atoms with Gasteiger partial charge in [-0.1, -0.05) is 31.0 Å². The summed E-state index contributed by atoms with van der Waals surface area (Å²) in [5.41, 5.74) is 4.67. The molecular formula is C19H25N3O3. The van der Waals surface area contributed by atoms with Gasteiger partial charge in [0.25, 0.3) is 0 Å². The van der Waals surface area contributed by atoms with Crippen LogP contribution in [0.4, 0.5) is 0 Å². The normalized spacial score (nSPS) is 11.1. The number of unbranched alkanes of at least 4 members (excludes halogenated alkanes) is 3. The van der Waals surface area contributed by atoms with Crippen molar-refractivity contribution in [3.63, 3.8) is 0 Å². The van der Waals surface area contributed by atoms with Crippen molar-refractivity contribution in [2.75, 3.05) is 7.11 Å². The number of nitrogens with zero attached hydrogens (tertiary/aromatic N) is 2. The molecule has 1 N–H and O–H groups in total. The SMILES string of the molecule is COC(=O)CCCCCCC(=O)N/N=C/c1cn(C)c2ccccc12. The number of rotatable bonds is 9. The van der Waals surface area contributed by atoms with E-state index in [1.54, 1.807) is 6.21 Å². The first-order valence-corrected chi connectivity index (χ1v) is 8.54. The number of carbonyl (C=O) groups excluding carboxylic acids is 2. The maximum absolute atomic E-state index is 11.8. The van der Waals surface area contributed by atoms with Gasteiger partial charge >= 0.3 is 5.97 Å². The molecule has 1 amide bonds. The molecule has 0 bridgehead atoms. The summed E-state index contributed by atoms with van der Waals surface area (Å²) in [6.07, 6.45) is 7.96. The molecule has 1 heterocycles. The molecular weight excluding hydrogens is 318 g/mol. The third kappa shape index (κ3) is 5.74. The summed E-state index contributed by atoms with van der Waals surface area (Å²) >= 11 is 0. The number of para-hydroxylation sites is 1. The lowest BCUT2D eigenvalue weighted by Crippen LogP contribution is -2.16. The maximum Gasteiger partial charge on any atom is 0.305 e. The number of hydrogen-bond acceptors (Lipinski definition) is 4. The molecule has 1 aromatic heterocycles. The molecule has 0 atom stereocenters. The fourth-order valence-corrected chi connectivity index (χ4v) is 2.72. The van der Waals surface area contributed by atoms with Crippen molar-refractivity contribution in [3.05, 3.63) is 36.0 Å². The molecule has 2 aromatic rings. The molecule has 1 aromatic carbocycles. The molecule has 0 fully saturated rings. The molecule has 0 aliphatic carbocycles. The van der Waals surface area contributed by atoms with Crippen molar-refractivity contribution in [2.45, 2.75) is 38.5 Å². The topological polar surface area (TPSA) is 72.7 Å². The number of hydrogen-bond donors (Lipinski definition) is 1. The van der Waals surface area contributed by atoms with Gasteiger partial charge in [-0.25, -0.2) is 5.43 Å². The van der Waals surface area contributed by atoms with Crippen molar-refractivity contribution in [1.29, 1.82) is 0 Å². The van der Waals surface area contributed by atoms with Crippen molar-refractivity contribution in [3.8, 4) is 0 Å². The number of fused-ring (bicyclic) bond motifs is 1. The van der Waals surface area contributed by atoms with E-state index >= 15 is 0 Å². The predicted octanol–water partition coefficient (Wildman–Crippen LogP) is 3.14. The predicted molar refractivity (Wildman–Crippen MR) is 98.4 cm³/mol. The lowest BCUT2D eigenvalue weighted by atomic mass is 10.1. The zero-order valence-corrected chi connectivity index (χ0v) is 14.8. The van der Waals surface area contributed by atoms with Crippen molar-refractivity contribution in [1.82, 2.24) is 9.99 Å². The van der Waals surface area contributed by atoms with Gasteiger partial charge in [-0.3, -0.25) is 9.59 Å². The Balaban J connectivity index is 1.69. The first-order chi connectivity index (χ1) is 12.1. The Morgan fingerprint density at radius 3 is 2.64 bits per heavy atom. The average molecular weight is 343 g/mol. The van der Waals surface area contributed by atoms with Gasteiger partial charge in [-0.05, 0) is 18.9 Å². The van der Waals surface area contributed by atoms with E-state index in [4.69, 9.17) is 0 Å². The molecule has 0 radical (unpaired) electrons. The van der Waals surface area contributed by atoms with E-state index in [1.165, 1.54) is 7.11 Å². The van der Waals surface area contributed by atoms with Gasteiger partial charge in [0.05, 0.1) is 13.3 Å². The summed E-state index contributed by atoms with van der Waals surface area (Å²) in [5.74, 6) is -0.273. The molecule has 0 aliphatic heterocycles. The van der Waals surface area contributed by atoms with Gasteiger partial charge in [-0.15, -0.1) is 0 Å². The zero-order chi connectivity index (χ0) is 18.1.